The molecule has 1 fully saturated rings. The highest BCUT2D eigenvalue weighted by Crippen LogP contribution is 2.31. The molecule has 0 atom stereocenters. The molecule has 1 N–H and O–H groups in total. The molecule has 2 rings (SSSR count). The first kappa shape index (κ1) is 11.6. The maximum atomic E-state index is 4.38. The fourth-order valence-corrected chi connectivity index (χ4v) is 2.88. The number of hydrogen-bond donors (Lipinski definition) is 1. The van der Waals surface area contributed by atoms with Gasteiger partial charge >= 0.3 is 0 Å². The average Bonchev–Trinajstić information content (AvgIpc) is 2.14. The van der Waals surface area contributed by atoms with Gasteiger partial charge in [0.2, 0.25) is 0 Å². The second-order valence-corrected chi connectivity index (χ2v) is 6.12. The molecule has 2 nitrogen and oxygen atoms in total. The molecule has 1 aliphatic carbocycles. The number of aromatic nitrogens is 1. The lowest BCUT2D eigenvalue weighted by atomic mass is 9.78. The van der Waals surface area contributed by atoms with E-state index in [4.69, 9.17) is 0 Å². The van der Waals surface area contributed by atoms with Crippen molar-refractivity contribution in [2.45, 2.75) is 38.3 Å². The predicted molar refractivity (Wildman–Crippen MR) is 68.7 cm³/mol. The van der Waals surface area contributed by atoms with Crippen molar-refractivity contribution in [1.82, 2.24) is 10.3 Å². The quantitative estimate of drug-likeness (QED) is 0.913. The smallest absolute Gasteiger partial charge is 0.0684 e. The van der Waals surface area contributed by atoms with E-state index in [-0.39, 0.29) is 0 Å². The third-order valence-corrected chi connectivity index (χ3v) is 4.14. The van der Waals surface area contributed by atoms with Gasteiger partial charge in [0.05, 0.1) is 5.69 Å². The van der Waals surface area contributed by atoms with E-state index in [1.807, 2.05) is 12.3 Å². The number of nitrogens with zero attached hydrogens (tertiary/aromatic N) is 1. The van der Waals surface area contributed by atoms with Crippen LogP contribution in [0.3, 0.4) is 0 Å². The van der Waals surface area contributed by atoms with Gasteiger partial charge < -0.3 is 5.32 Å². The van der Waals surface area contributed by atoms with Gasteiger partial charge in [0.15, 0.2) is 0 Å². The molecule has 0 spiro atoms. The van der Waals surface area contributed by atoms with Crippen LogP contribution in [0.4, 0.5) is 0 Å². The summed E-state index contributed by atoms with van der Waals surface area (Å²) in [5.74, 6) is 0. The first-order valence-corrected chi connectivity index (χ1v) is 6.73. The van der Waals surface area contributed by atoms with Crippen LogP contribution in [0.25, 0.3) is 0 Å². The zero-order valence-corrected chi connectivity index (χ0v) is 11.9. The molecule has 0 bridgehead atoms. The molecule has 1 aromatic heterocycles. The molecular weight excluding hydrogens is 320 g/mol. The molecule has 0 saturated heterocycles. The Hall–Kier alpha value is 0.0700. The Kier molecular flexibility index (Phi) is 3.48. The van der Waals surface area contributed by atoms with Crippen LogP contribution in [0.5, 0.6) is 0 Å². The van der Waals surface area contributed by atoms with E-state index in [0.29, 0.717) is 5.54 Å². The minimum absolute atomic E-state index is 0.341. The van der Waals surface area contributed by atoms with Crippen molar-refractivity contribution in [3.63, 3.8) is 0 Å². The SMILES string of the molecule is CC1(NCc2ncc(Br)cc2Br)CCC1. The third-order valence-electron chi connectivity index (χ3n) is 3.02. The van der Waals surface area contributed by atoms with Gasteiger partial charge in [-0.15, -0.1) is 0 Å². The molecule has 15 heavy (non-hydrogen) atoms. The summed E-state index contributed by atoms with van der Waals surface area (Å²) < 4.78 is 2.07. The highest BCUT2D eigenvalue weighted by atomic mass is 79.9. The van der Waals surface area contributed by atoms with Crippen molar-refractivity contribution < 1.29 is 0 Å². The molecule has 1 heterocycles. The maximum absolute atomic E-state index is 4.38. The van der Waals surface area contributed by atoms with Gasteiger partial charge in [0, 0.05) is 27.2 Å². The first-order valence-electron chi connectivity index (χ1n) is 5.14. The van der Waals surface area contributed by atoms with Crippen LogP contribution >= 0.6 is 31.9 Å². The lowest BCUT2D eigenvalue weighted by Gasteiger charge is -2.39. The Labute approximate surface area is 107 Å². The van der Waals surface area contributed by atoms with Crippen molar-refractivity contribution >= 4 is 31.9 Å². The van der Waals surface area contributed by atoms with Crippen molar-refractivity contribution in [1.29, 1.82) is 0 Å². The monoisotopic (exact) mass is 332 g/mol. The third kappa shape index (κ3) is 2.80. The largest absolute Gasteiger partial charge is 0.306 e. The van der Waals surface area contributed by atoms with Crippen molar-refractivity contribution in [2.24, 2.45) is 0 Å². The molecule has 4 heteroatoms. The van der Waals surface area contributed by atoms with Crippen LogP contribution in [0.15, 0.2) is 21.2 Å². The van der Waals surface area contributed by atoms with Gasteiger partial charge in [-0.3, -0.25) is 4.98 Å². The van der Waals surface area contributed by atoms with E-state index in [9.17, 15) is 0 Å². The van der Waals surface area contributed by atoms with Gasteiger partial charge in [0.25, 0.3) is 0 Å². The Morgan fingerprint density at radius 3 is 2.73 bits per heavy atom. The van der Waals surface area contributed by atoms with E-state index < -0.39 is 0 Å². The van der Waals surface area contributed by atoms with E-state index in [1.165, 1.54) is 19.3 Å². The molecule has 0 unspecified atom stereocenters. The normalized spacial score (nSPS) is 18.6. The van der Waals surface area contributed by atoms with Crippen molar-refractivity contribution in [2.75, 3.05) is 0 Å². The molecular formula is C11H14Br2N2. The summed E-state index contributed by atoms with van der Waals surface area (Å²) in [6.07, 6.45) is 5.74. The minimum atomic E-state index is 0.341. The Morgan fingerprint density at radius 1 is 1.47 bits per heavy atom. The lowest BCUT2D eigenvalue weighted by molar-refractivity contribution is 0.206. The highest BCUT2D eigenvalue weighted by molar-refractivity contribution is 9.11. The summed E-state index contributed by atoms with van der Waals surface area (Å²) >= 11 is 6.92. The molecule has 1 aromatic rings. The molecule has 0 aromatic carbocycles. The summed E-state index contributed by atoms with van der Waals surface area (Å²) in [7, 11) is 0. The van der Waals surface area contributed by atoms with E-state index >= 15 is 0 Å². The van der Waals surface area contributed by atoms with Crippen LogP contribution in [0.1, 0.15) is 31.9 Å². The lowest BCUT2D eigenvalue weighted by Crippen LogP contribution is -2.47. The molecule has 0 aliphatic heterocycles. The summed E-state index contributed by atoms with van der Waals surface area (Å²) in [5.41, 5.74) is 1.42. The van der Waals surface area contributed by atoms with Gasteiger partial charge in [-0.2, -0.15) is 0 Å². The van der Waals surface area contributed by atoms with E-state index in [1.54, 1.807) is 0 Å². The van der Waals surface area contributed by atoms with Crippen molar-refractivity contribution in [3.05, 3.63) is 26.9 Å². The minimum Gasteiger partial charge on any atom is -0.306 e. The highest BCUT2D eigenvalue weighted by Gasteiger charge is 2.30. The second kappa shape index (κ2) is 4.52. The summed E-state index contributed by atoms with van der Waals surface area (Å²) in [6.45, 7) is 3.12. The maximum Gasteiger partial charge on any atom is 0.0684 e. The molecule has 0 amide bonds. The van der Waals surface area contributed by atoms with Crippen LogP contribution in [-0.4, -0.2) is 10.5 Å². The van der Waals surface area contributed by atoms with Gasteiger partial charge in [-0.1, -0.05) is 0 Å². The Morgan fingerprint density at radius 2 is 2.20 bits per heavy atom. The number of nitrogens with one attached hydrogen (secondary N) is 1. The summed E-state index contributed by atoms with van der Waals surface area (Å²) in [5, 5.41) is 3.56. The summed E-state index contributed by atoms with van der Waals surface area (Å²) in [4.78, 5) is 4.38. The van der Waals surface area contributed by atoms with Crippen LogP contribution in [0, 0.1) is 0 Å². The second-order valence-electron chi connectivity index (χ2n) is 4.35. The van der Waals surface area contributed by atoms with Crippen LogP contribution in [-0.2, 0) is 6.54 Å². The average molecular weight is 334 g/mol. The number of rotatable bonds is 3. The number of halogens is 2. The van der Waals surface area contributed by atoms with Gasteiger partial charge in [-0.05, 0) is 64.1 Å². The molecule has 1 aliphatic rings. The fourth-order valence-electron chi connectivity index (χ4n) is 1.75. The number of hydrogen-bond acceptors (Lipinski definition) is 2. The first-order chi connectivity index (χ1) is 7.09. The Balaban J connectivity index is 1.98. The van der Waals surface area contributed by atoms with Crippen LogP contribution in [0.2, 0.25) is 0 Å². The predicted octanol–water partition coefficient (Wildman–Crippen LogP) is 3.64. The fraction of sp³-hybridized carbons (Fsp3) is 0.545. The van der Waals surface area contributed by atoms with E-state index in [0.717, 1.165) is 21.2 Å². The molecule has 0 radical (unpaired) electrons. The van der Waals surface area contributed by atoms with Gasteiger partial charge in [-0.25, -0.2) is 0 Å². The van der Waals surface area contributed by atoms with Crippen LogP contribution < -0.4 is 5.32 Å². The molecule has 1 saturated carbocycles. The standard InChI is InChI=1S/C11H14Br2N2/c1-11(3-2-4-11)15-7-10-9(13)5-8(12)6-14-10/h5-6,15H,2-4,7H2,1H3. The molecule has 82 valence electrons. The van der Waals surface area contributed by atoms with E-state index in [2.05, 4.69) is 49.1 Å². The Bertz CT molecular complexity index is 362. The zero-order valence-electron chi connectivity index (χ0n) is 8.69. The van der Waals surface area contributed by atoms with Gasteiger partial charge in [0.1, 0.15) is 0 Å². The summed E-state index contributed by atoms with van der Waals surface area (Å²) in [6, 6.07) is 2.03. The zero-order chi connectivity index (χ0) is 10.9. The number of pyridine rings is 1. The van der Waals surface area contributed by atoms with Crippen molar-refractivity contribution in [3.8, 4) is 0 Å². The topological polar surface area (TPSA) is 24.9 Å².